The molecule has 0 unspecified atom stereocenters. The van der Waals surface area contributed by atoms with Crippen LogP contribution in [0.5, 0.6) is 0 Å². The molecule has 53 heavy (non-hydrogen) atoms. The monoisotopic (exact) mass is 677 g/mol. The molecule has 0 N–H and O–H groups in total. The second kappa shape index (κ2) is 11.8. The first-order chi connectivity index (χ1) is 26.3. The van der Waals surface area contributed by atoms with E-state index in [2.05, 4.69) is 140 Å². The van der Waals surface area contributed by atoms with Crippen LogP contribution in [0.3, 0.4) is 0 Å². The van der Waals surface area contributed by atoms with Gasteiger partial charge in [-0.25, -0.2) is 15.0 Å². The summed E-state index contributed by atoms with van der Waals surface area (Å²) in [6.45, 7) is 0. The second-order valence-corrected chi connectivity index (χ2v) is 13.8. The molecule has 0 aliphatic heterocycles. The molecule has 0 atom stereocenters. The van der Waals surface area contributed by atoms with E-state index in [1.54, 1.807) is 0 Å². The van der Waals surface area contributed by atoms with Crippen molar-refractivity contribution in [2.75, 3.05) is 0 Å². The molecule has 248 valence electrons. The van der Waals surface area contributed by atoms with E-state index < -0.39 is 0 Å². The molecule has 0 amide bonds. The fourth-order valence-electron chi connectivity index (χ4n) is 8.44. The number of fused-ring (bicyclic) bond motifs is 6. The molecule has 0 bridgehead atoms. The average Bonchev–Trinajstić information content (AvgIpc) is 3.78. The average molecular weight is 678 g/mol. The number of benzene rings is 7. The molecule has 4 nitrogen and oxygen atoms in total. The summed E-state index contributed by atoms with van der Waals surface area (Å²) in [6, 6.07) is 53.2. The van der Waals surface area contributed by atoms with Gasteiger partial charge < -0.3 is 4.42 Å². The molecule has 0 saturated heterocycles. The van der Waals surface area contributed by atoms with Crippen LogP contribution in [0.4, 0.5) is 0 Å². The second-order valence-electron chi connectivity index (χ2n) is 13.8. The molecule has 0 saturated carbocycles. The Morgan fingerprint density at radius 3 is 1.79 bits per heavy atom. The zero-order valence-electron chi connectivity index (χ0n) is 28.8. The predicted molar refractivity (Wildman–Crippen MR) is 217 cm³/mol. The maximum absolute atomic E-state index is 6.81. The minimum absolute atomic E-state index is 0.615. The van der Waals surface area contributed by atoms with Crippen molar-refractivity contribution in [2.45, 2.75) is 12.8 Å². The molecule has 2 aliphatic rings. The highest BCUT2D eigenvalue weighted by Gasteiger charge is 2.25. The van der Waals surface area contributed by atoms with Crippen LogP contribution < -0.4 is 0 Å². The standard InChI is InChI=1S/C49H31N3O/c1-3-14-30(15-4-1)32-18-7-8-19-33(32)39-24-12-25-41-45-42(26-13-27-43(45)53-46(39)41)49-51-47(31-16-5-2-6-17-31)50-48(52-49)40-29-28-38-35-21-10-9-20-34(35)36-22-11-23-37(40)44(36)38/h1-7,9-18,20-29H,8,19H2. The fraction of sp³-hybridized carbons (Fsp3) is 0.0408. The molecule has 0 fully saturated rings. The summed E-state index contributed by atoms with van der Waals surface area (Å²) >= 11 is 0. The van der Waals surface area contributed by atoms with Crippen LogP contribution >= 0.6 is 0 Å². The van der Waals surface area contributed by atoms with Crippen LogP contribution in [0, 0.1) is 0 Å². The van der Waals surface area contributed by atoms with Crippen LogP contribution in [0.25, 0.3) is 100 Å². The van der Waals surface area contributed by atoms with Gasteiger partial charge in [0.15, 0.2) is 17.5 Å². The van der Waals surface area contributed by atoms with Gasteiger partial charge in [0.2, 0.25) is 0 Å². The van der Waals surface area contributed by atoms with E-state index in [4.69, 9.17) is 19.4 Å². The van der Waals surface area contributed by atoms with E-state index in [1.807, 2.05) is 24.3 Å². The molecule has 0 spiro atoms. The Hall–Kier alpha value is -6.91. The largest absolute Gasteiger partial charge is 0.455 e. The summed E-state index contributed by atoms with van der Waals surface area (Å²) in [4.78, 5) is 15.6. The Kier molecular flexibility index (Phi) is 6.65. The topological polar surface area (TPSA) is 51.8 Å². The highest BCUT2D eigenvalue weighted by Crippen LogP contribution is 2.49. The predicted octanol–water partition coefficient (Wildman–Crippen LogP) is 12.8. The lowest BCUT2D eigenvalue weighted by molar-refractivity contribution is 0.667. The molecule has 2 heterocycles. The van der Waals surface area contributed by atoms with Gasteiger partial charge in [-0.2, -0.15) is 0 Å². The van der Waals surface area contributed by atoms with E-state index in [0.717, 1.165) is 62.4 Å². The summed E-state index contributed by atoms with van der Waals surface area (Å²) in [5.74, 6) is 1.89. The van der Waals surface area contributed by atoms with Crippen molar-refractivity contribution in [2.24, 2.45) is 0 Å². The van der Waals surface area contributed by atoms with E-state index >= 15 is 0 Å². The molecule has 7 aromatic carbocycles. The van der Waals surface area contributed by atoms with Gasteiger partial charge >= 0.3 is 0 Å². The minimum atomic E-state index is 0.615. The van der Waals surface area contributed by atoms with Crippen molar-refractivity contribution in [3.8, 4) is 56.4 Å². The summed E-state index contributed by atoms with van der Waals surface area (Å²) in [6.07, 6.45) is 6.47. The number of hydrogen-bond donors (Lipinski definition) is 0. The first kappa shape index (κ1) is 29.8. The van der Waals surface area contributed by atoms with Gasteiger partial charge in [0, 0.05) is 33.0 Å². The summed E-state index contributed by atoms with van der Waals surface area (Å²) < 4.78 is 6.81. The van der Waals surface area contributed by atoms with Crippen molar-refractivity contribution in [1.29, 1.82) is 0 Å². The Labute approximate surface area is 306 Å². The molecular formula is C49H31N3O. The Morgan fingerprint density at radius 2 is 1.00 bits per heavy atom. The molecule has 9 aromatic rings. The number of para-hydroxylation sites is 1. The maximum atomic E-state index is 6.81. The lowest BCUT2D eigenvalue weighted by Crippen LogP contribution is -2.01. The first-order valence-corrected chi connectivity index (χ1v) is 18.2. The quantitative estimate of drug-likeness (QED) is 0.182. The molecule has 4 heteroatoms. The van der Waals surface area contributed by atoms with Crippen molar-refractivity contribution in [3.05, 3.63) is 175 Å². The molecule has 2 aromatic heterocycles. The van der Waals surface area contributed by atoms with Crippen molar-refractivity contribution in [1.82, 2.24) is 15.0 Å². The summed E-state index contributed by atoms with van der Waals surface area (Å²) in [5.41, 5.74) is 14.4. The lowest BCUT2D eigenvalue weighted by Gasteiger charge is -2.17. The van der Waals surface area contributed by atoms with E-state index in [0.29, 0.717) is 17.5 Å². The Balaban J connectivity index is 1.14. The van der Waals surface area contributed by atoms with Gasteiger partial charge in [-0.3, -0.25) is 0 Å². The van der Waals surface area contributed by atoms with Gasteiger partial charge in [-0.05, 0) is 74.7 Å². The molecule has 11 rings (SSSR count). The third kappa shape index (κ3) is 4.66. The molecule has 0 radical (unpaired) electrons. The molecular weight excluding hydrogens is 647 g/mol. The van der Waals surface area contributed by atoms with Crippen LogP contribution in [-0.2, 0) is 0 Å². The highest BCUT2D eigenvalue weighted by atomic mass is 16.3. The third-order valence-electron chi connectivity index (χ3n) is 10.8. The van der Waals surface area contributed by atoms with Crippen LogP contribution in [0.1, 0.15) is 24.0 Å². The summed E-state index contributed by atoms with van der Waals surface area (Å²) in [5, 5.41) is 4.43. The van der Waals surface area contributed by atoms with Gasteiger partial charge in [-0.15, -0.1) is 0 Å². The number of aromatic nitrogens is 3. The lowest BCUT2D eigenvalue weighted by atomic mass is 9.87. The SMILES string of the molecule is C1=CC(c2ccccc2)=C(c2cccc3c2oc2cccc(-c4nc(-c5ccccc5)nc(-c5ccc6c7c(cccc57)-c5ccccc5-6)n4)c23)CC1. The van der Waals surface area contributed by atoms with Crippen LogP contribution in [0.15, 0.2) is 168 Å². The van der Waals surface area contributed by atoms with E-state index in [9.17, 15) is 0 Å². The first-order valence-electron chi connectivity index (χ1n) is 18.2. The molecule has 2 aliphatic carbocycles. The van der Waals surface area contributed by atoms with Crippen LogP contribution in [-0.4, -0.2) is 15.0 Å². The third-order valence-corrected chi connectivity index (χ3v) is 10.8. The zero-order valence-corrected chi connectivity index (χ0v) is 28.8. The summed E-state index contributed by atoms with van der Waals surface area (Å²) in [7, 11) is 0. The Bertz CT molecular complexity index is 2960. The van der Waals surface area contributed by atoms with Crippen molar-refractivity contribution in [3.63, 3.8) is 0 Å². The zero-order chi connectivity index (χ0) is 34.9. The normalized spacial score (nSPS) is 13.4. The number of furan rings is 1. The maximum Gasteiger partial charge on any atom is 0.164 e. The minimum Gasteiger partial charge on any atom is -0.455 e. The van der Waals surface area contributed by atoms with Gasteiger partial charge in [0.05, 0.1) is 0 Å². The van der Waals surface area contributed by atoms with Crippen molar-refractivity contribution < 1.29 is 4.42 Å². The van der Waals surface area contributed by atoms with Gasteiger partial charge in [-0.1, -0.05) is 152 Å². The van der Waals surface area contributed by atoms with Crippen molar-refractivity contribution >= 4 is 43.9 Å². The van der Waals surface area contributed by atoms with Crippen LogP contribution in [0.2, 0.25) is 0 Å². The number of allylic oxidation sites excluding steroid dienone is 4. The van der Waals surface area contributed by atoms with E-state index in [-0.39, 0.29) is 0 Å². The van der Waals surface area contributed by atoms with Gasteiger partial charge in [0.1, 0.15) is 11.2 Å². The fourth-order valence-corrected chi connectivity index (χ4v) is 8.44. The highest BCUT2D eigenvalue weighted by molar-refractivity contribution is 6.19. The van der Waals surface area contributed by atoms with Gasteiger partial charge in [0.25, 0.3) is 0 Å². The Morgan fingerprint density at radius 1 is 0.415 bits per heavy atom. The number of hydrogen-bond acceptors (Lipinski definition) is 4. The number of nitrogens with zero attached hydrogens (tertiary/aromatic N) is 3. The smallest absolute Gasteiger partial charge is 0.164 e. The number of rotatable bonds is 5. The van der Waals surface area contributed by atoms with E-state index in [1.165, 1.54) is 44.3 Å².